The minimum absolute atomic E-state index is 0.0514. The van der Waals surface area contributed by atoms with Crippen molar-refractivity contribution in [3.05, 3.63) is 82.6 Å². The van der Waals surface area contributed by atoms with Crippen LogP contribution in [0.4, 0.5) is 15.8 Å². The zero-order valence-electron chi connectivity index (χ0n) is 18.4. The van der Waals surface area contributed by atoms with Crippen molar-refractivity contribution in [2.45, 2.75) is 4.90 Å². The van der Waals surface area contributed by atoms with Crippen LogP contribution in [0.1, 0.15) is 10.4 Å². The van der Waals surface area contributed by atoms with Crippen LogP contribution in [0.5, 0.6) is 5.75 Å². The highest BCUT2D eigenvalue weighted by atomic mass is 79.9. The molecule has 3 aromatic carbocycles. The molecule has 0 radical (unpaired) electrons. The van der Waals surface area contributed by atoms with E-state index in [0.29, 0.717) is 24.5 Å². The van der Waals surface area contributed by atoms with Gasteiger partial charge in [0.2, 0.25) is 10.0 Å². The molecule has 3 aromatic rings. The molecule has 1 aliphatic rings. The lowest BCUT2D eigenvalue weighted by molar-refractivity contribution is 0.102. The average Bonchev–Trinajstić information content (AvgIpc) is 2.85. The van der Waals surface area contributed by atoms with Crippen LogP contribution in [0.15, 0.2) is 76.1 Å². The SMILES string of the molecule is COc1ccccc1N1CCN(S(=O)(=O)c2cc(C(=O)Nc3ccc(Br)cc3)ccc2F)CC1. The van der Waals surface area contributed by atoms with E-state index in [1.54, 1.807) is 31.4 Å². The van der Waals surface area contributed by atoms with Gasteiger partial charge in [0.05, 0.1) is 12.8 Å². The fourth-order valence-electron chi connectivity index (χ4n) is 3.78. The lowest BCUT2D eigenvalue weighted by atomic mass is 10.2. The number of anilines is 2. The Bertz CT molecular complexity index is 1290. The quantitative estimate of drug-likeness (QED) is 0.496. The normalized spacial score (nSPS) is 14.6. The number of ether oxygens (including phenoxy) is 1. The minimum atomic E-state index is -4.13. The molecule has 0 atom stereocenters. The van der Waals surface area contributed by atoms with Crippen LogP contribution in [0.3, 0.4) is 0 Å². The Kier molecular flexibility index (Phi) is 7.20. The van der Waals surface area contributed by atoms with Crippen LogP contribution in [-0.2, 0) is 10.0 Å². The highest BCUT2D eigenvalue weighted by Gasteiger charge is 2.32. The van der Waals surface area contributed by atoms with Crippen molar-refractivity contribution in [2.75, 3.05) is 43.5 Å². The number of nitrogens with one attached hydrogen (secondary N) is 1. The number of piperazine rings is 1. The minimum Gasteiger partial charge on any atom is -0.495 e. The van der Waals surface area contributed by atoms with E-state index in [4.69, 9.17) is 4.74 Å². The second kappa shape index (κ2) is 10.1. The van der Waals surface area contributed by atoms with Crippen molar-refractivity contribution in [3.63, 3.8) is 0 Å². The zero-order chi connectivity index (χ0) is 24.3. The maximum absolute atomic E-state index is 14.6. The third-order valence-corrected chi connectivity index (χ3v) is 8.02. The van der Waals surface area contributed by atoms with E-state index in [0.717, 1.165) is 22.3 Å². The molecule has 0 aromatic heterocycles. The highest BCUT2D eigenvalue weighted by molar-refractivity contribution is 9.10. The molecule has 34 heavy (non-hydrogen) atoms. The second-order valence-electron chi connectivity index (χ2n) is 7.67. The molecule has 10 heteroatoms. The van der Waals surface area contributed by atoms with Crippen molar-refractivity contribution in [3.8, 4) is 5.75 Å². The summed E-state index contributed by atoms with van der Waals surface area (Å²) < 4.78 is 48.6. The van der Waals surface area contributed by atoms with Gasteiger partial charge in [-0.3, -0.25) is 4.79 Å². The number of para-hydroxylation sites is 2. The molecule has 0 bridgehead atoms. The van der Waals surface area contributed by atoms with Crippen molar-refractivity contribution in [1.82, 2.24) is 4.31 Å². The largest absolute Gasteiger partial charge is 0.495 e. The van der Waals surface area contributed by atoms with Gasteiger partial charge in [-0.25, -0.2) is 12.8 Å². The molecule has 4 rings (SSSR count). The summed E-state index contributed by atoms with van der Waals surface area (Å²) in [5, 5.41) is 2.69. The molecule has 0 aliphatic carbocycles. The summed E-state index contributed by atoms with van der Waals surface area (Å²) in [5.74, 6) is -0.721. The van der Waals surface area contributed by atoms with E-state index in [-0.39, 0.29) is 18.7 Å². The third-order valence-electron chi connectivity index (χ3n) is 5.58. The topological polar surface area (TPSA) is 79.0 Å². The first kappa shape index (κ1) is 24.2. The highest BCUT2D eigenvalue weighted by Crippen LogP contribution is 2.30. The van der Waals surface area contributed by atoms with Crippen LogP contribution in [0.2, 0.25) is 0 Å². The molecular weight excluding hydrogens is 525 g/mol. The monoisotopic (exact) mass is 547 g/mol. The summed E-state index contributed by atoms with van der Waals surface area (Å²) >= 11 is 3.32. The van der Waals surface area contributed by atoms with Crippen LogP contribution in [0.25, 0.3) is 0 Å². The number of benzene rings is 3. The van der Waals surface area contributed by atoms with Crippen LogP contribution in [0, 0.1) is 5.82 Å². The van der Waals surface area contributed by atoms with Gasteiger partial charge < -0.3 is 15.0 Å². The summed E-state index contributed by atoms with van der Waals surface area (Å²) in [4.78, 5) is 14.2. The van der Waals surface area contributed by atoms with E-state index in [1.165, 1.54) is 10.4 Å². The number of carbonyl (C=O) groups excluding carboxylic acids is 1. The number of methoxy groups -OCH3 is 1. The van der Waals surface area contributed by atoms with Crippen LogP contribution >= 0.6 is 15.9 Å². The Morgan fingerprint density at radius 3 is 2.35 bits per heavy atom. The van der Waals surface area contributed by atoms with Crippen LogP contribution in [-0.4, -0.2) is 51.9 Å². The van der Waals surface area contributed by atoms with E-state index in [1.807, 2.05) is 29.2 Å². The molecule has 1 saturated heterocycles. The first-order valence-electron chi connectivity index (χ1n) is 10.5. The molecular formula is C24H23BrFN3O4S. The third kappa shape index (κ3) is 5.08. The number of rotatable bonds is 6. The maximum atomic E-state index is 14.6. The second-order valence-corrected chi connectivity index (χ2v) is 10.5. The Balaban J connectivity index is 1.51. The number of hydrogen-bond acceptors (Lipinski definition) is 5. The first-order chi connectivity index (χ1) is 16.3. The average molecular weight is 548 g/mol. The Labute approximate surface area is 206 Å². The van der Waals surface area contributed by atoms with Gasteiger partial charge in [-0.05, 0) is 54.6 Å². The first-order valence-corrected chi connectivity index (χ1v) is 12.8. The van der Waals surface area contributed by atoms with Crippen molar-refractivity contribution < 1.29 is 22.3 Å². The van der Waals surface area contributed by atoms with E-state index in [2.05, 4.69) is 21.2 Å². The Morgan fingerprint density at radius 2 is 1.68 bits per heavy atom. The fraction of sp³-hybridized carbons (Fsp3) is 0.208. The Hall–Kier alpha value is -2.95. The number of carbonyl (C=O) groups is 1. The molecule has 0 spiro atoms. The predicted octanol–water partition coefficient (Wildman–Crippen LogP) is 4.36. The van der Waals surface area contributed by atoms with Crippen molar-refractivity contribution in [2.24, 2.45) is 0 Å². The number of nitrogens with zero attached hydrogens (tertiary/aromatic N) is 2. The molecule has 178 valence electrons. The molecule has 1 fully saturated rings. The van der Waals surface area contributed by atoms with Crippen molar-refractivity contribution in [1.29, 1.82) is 0 Å². The summed E-state index contributed by atoms with van der Waals surface area (Å²) in [6, 6.07) is 17.8. The summed E-state index contributed by atoms with van der Waals surface area (Å²) in [5.41, 5.74) is 1.46. The van der Waals surface area contributed by atoms with E-state index < -0.39 is 26.6 Å². The molecule has 1 N–H and O–H groups in total. The van der Waals surface area contributed by atoms with Gasteiger partial charge in [-0.1, -0.05) is 28.1 Å². The summed E-state index contributed by atoms with van der Waals surface area (Å²) in [6.07, 6.45) is 0. The standard InChI is InChI=1S/C24H23BrFN3O4S/c1-33-22-5-3-2-4-21(22)28-12-14-29(15-13-28)34(31,32)23-16-17(6-11-20(23)26)24(30)27-19-9-7-18(25)8-10-19/h2-11,16H,12-15H2,1H3,(H,27,30). The van der Waals surface area contributed by atoms with E-state index in [9.17, 15) is 17.6 Å². The number of sulfonamides is 1. The molecule has 0 saturated carbocycles. The number of halogens is 2. The van der Waals surface area contributed by atoms with Crippen LogP contribution < -0.4 is 15.0 Å². The van der Waals surface area contributed by atoms with Gasteiger partial charge in [0.1, 0.15) is 16.5 Å². The Morgan fingerprint density at radius 1 is 1.00 bits per heavy atom. The van der Waals surface area contributed by atoms with E-state index >= 15 is 0 Å². The van der Waals surface area contributed by atoms with Gasteiger partial charge in [-0.15, -0.1) is 0 Å². The maximum Gasteiger partial charge on any atom is 0.255 e. The summed E-state index contributed by atoms with van der Waals surface area (Å²) in [6.45, 7) is 1.19. The molecule has 1 heterocycles. The van der Waals surface area contributed by atoms with Gasteiger partial charge in [0, 0.05) is 41.9 Å². The van der Waals surface area contributed by atoms with Gasteiger partial charge in [-0.2, -0.15) is 4.31 Å². The van der Waals surface area contributed by atoms with Crippen molar-refractivity contribution >= 4 is 43.2 Å². The van der Waals surface area contributed by atoms with Gasteiger partial charge >= 0.3 is 0 Å². The molecule has 1 aliphatic heterocycles. The summed E-state index contributed by atoms with van der Waals surface area (Å²) in [7, 11) is -2.55. The number of amides is 1. The molecule has 0 unspecified atom stereocenters. The zero-order valence-corrected chi connectivity index (χ0v) is 20.8. The van der Waals surface area contributed by atoms with Gasteiger partial charge in [0.15, 0.2) is 0 Å². The predicted molar refractivity (Wildman–Crippen MR) is 132 cm³/mol. The lowest BCUT2D eigenvalue weighted by Gasteiger charge is -2.36. The van der Waals surface area contributed by atoms with Gasteiger partial charge in [0.25, 0.3) is 5.91 Å². The molecule has 1 amide bonds. The molecule has 7 nitrogen and oxygen atoms in total. The fourth-order valence-corrected chi connectivity index (χ4v) is 5.56. The lowest BCUT2D eigenvalue weighted by Crippen LogP contribution is -2.48. The number of hydrogen-bond donors (Lipinski definition) is 1. The smallest absolute Gasteiger partial charge is 0.255 e.